The van der Waals surface area contributed by atoms with Crippen LogP contribution < -0.4 is 4.90 Å². The highest BCUT2D eigenvalue weighted by Gasteiger charge is 2.36. The first-order valence-electron chi connectivity index (χ1n) is 6.39. The molecule has 1 amide bonds. The van der Waals surface area contributed by atoms with Crippen LogP contribution in [-0.4, -0.2) is 11.1 Å². The van der Waals surface area contributed by atoms with E-state index in [1.807, 2.05) is 0 Å². The molecule has 0 atom stereocenters. The normalized spacial score (nSPS) is 17.3. The fourth-order valence-corrected chi connectivity index (χ4v) is 2.89. The van der Waals surface area contributed by atoms with Gasteiger partial charge in [-0.05, 0) is 42.1 Å². The summed E-state index contributed by atoms with van der Waals surface area (Å²) in [6.45, 7) is 0. The molecule has 1 N–H and O–H groups in total. The van der Waals surface area contributed by atoms with Gasteiger partial charge in [0.05, 0.1) is 22.4 Å². The lowest BCUT2D eigenvalue weighted by Gasteiger charge is -2.16. The lowest BCUT2D eigenvalue weighted by atomic mass is 10.2. The Bertz CT molecular complexity index is 797. The Morgan fingerprint density at radius 3 is 2.65 bits per heavy atom. The maximum atomic E-state index is 12.8. The van der Waals surface area contributed by atoms with Gasteiger partial charge in [0, 0.05) is 6.08 Å². The third-order valence-electron chi connectivity index (χ3n) is 3.07. The highest BCUT2D eigenvalue weighted by molar-refractivity contribution is 8.19. The van der Waals surface area contributed by atoms with Gasteiger partial charge in [0.15, 0.2) is 5.17 Å². The van der Waals surface area contributed by atoms with Crippen molar-refractivity contribution in [3.8, 4) is 0 Å². The molecule has 1 aliphatic rings. The van der Waals surface area contributed by atoms with Gasteiger partial charge >= 0.3 is 6.18 Å². The smallest absolute Gasteiger partial charge is 0.416 e. The molecule has 3 rings (SSSR count). The van der Waals surface area contributed by atoms with Gasteiger partial charge < -0.3 is 4.42 Å². The van der Waals surface area contributed by atoms with Crippen molar-refractivity contribution in [2.45, 2.75) is 6.18 Å². The zero-order chi connectivity index (χ0) is 16.6. The zero-order valence-corrected chi connectivity index (χ0v) is 12.2. The average molecular weight is 338 g/mol. The minimum Gasteiger partial charge on any atom is -0.465 e. The number of hydrogen-bond donors (Lipinski definition) is 1. The largest absolute Gasteiger partial charge is 0.465 e. The van der Waals surface area contributed by atoms with E-state index in [1.54, 1.807) is 12.1 Å². The predicted molar refractivity (Wildman–Crippen MR) is 80.9 cm³/mol. The quantitative estimate of drug-likeness (QED) is 0.828. The lowest BCUT2D eigenvalue weighted by Crippen LogP contribution is -2.28. The highest BCUT2D eigenvalue weighted by Crippen LogP contribution is 2.37. The van der Waals surface area contributed by atoms with E-state index in [-0.39, 0.29) is 15.8 Å². The van der Waals surface area contributed by atoms with Crippen LogP contribution in [0.25, 0.3) is 6.08 Å². The van der Waals surface area contributed by atoms with Crippen LogP contribution in [0.3, 0.4) is 0 Å². The summed E-state index contributed by atoms with van der Waals surface area (Å²) in [4.78, 5) is 13.5. The number of amidine groups is 1. The molecular formula is C15H9F3N2O2S. The highest BCUT2D eigenvalue weighted by atomic mass is 32.2. The number of nitrogens with one attached hydrogen (secondary N) is 1. The van der Waals surface area contributed by atoms with Crippen molar-refractivity contribution in [2.24, 2.45) is 0 Å². The number of carbonyl (C=O) groups excluding carboxylic acids is 1. The van der Waals surface area contributed by atoms with Crippen LogP contribution in [0.1, 0.15) is 11.3 Å². The summed E-state index contributed by atoms with van der Waals surface area (Å²) < 4.78 is 43.5. The average Bonchev–Trinajstić information content (AvgIpc) is 3.08. The van der Waals surface area contributed by atoms with E-state index >= 15 is 0 Å². The van der Waals surface area contributed by atoms with Gasteiger partial charge in [-0.25, -0.2) is 0 Å². The van der Waals surface area contributed by atoms with Crippen molar-refractivity contribution >= 4 is 34.6 Å². The second-order valence-electron chi connectivity index (χ2n) is 4.62. The Hall–Kier alpha value is -2.48. The van der Waals surface area contributed by atoms with E-state index in [9.17, 15) is 18.0 Å². The summed E-state index contributed by atoms with van der Waals surface area (Å²) >= 11 is 0.868. The van der Waals surface area contributed by atoms with Gasteiger partial charge in [-0.2, -0.15) is 13.2 Å². The number of furan rings is 1. The fraction of sp³-hybridized carbons (Fsp3) is 0.0667. The van der Waals surface area contributed by atoms with Gasteiger partial charge in [0.1, 0.15) is 5.76 Å². The van der Waals surface area contributed by atoms with Crippen LogP contribution in [0.2, 0.25) is 0 Å². The summed E-state index contributed by atoms with van der Waals surface area (Å²) in [6, 6.07) is 7.61. The molecule has 1 aliphatic heterocycles. The van der Waals surface area contributed by atoms with Crippen molar-refractivity contribution in [3.63, 3.8) is 0 Å². The van der Waals surface area contributed by atoms with Gasteiger partial charge in [-0.15, -0.1) is 0 Å². The summed E-state index contributed by atoms with van der Waals surface area (Å²) in [5.74, 6) is -0.129. The second kappa shape index (κ2) is 5.62. The Kier molecular flexibility index (Phi) is 3.77. The first kappa shape index (κ1) is 15.4. The number of hydrogen-bond acceptors (Lipinski definition) is 4. The molecule has 4 nitrogen and oxygen atoms in total. The van der Waals surface area contributed by atoms with Crippen LogP contribution in [0.4, 0.5) is 18.9 Å². The van der Waals surface area contributed by atoms with Crippen LogP contribution >= 0.6 is 11.8 Å². The molecule has 23 heavy (non-hydrogen) atoms. The molecule has 0 aliphatic carbocycles. The molecular weight excluding hydrogens is 329 g/mol. The van der Waals surface area contributed by atoms with E-state index in [0.29, 0.717) is 5.76 Å². The van der Waals surface area contributed by atoms with Crippen LogP contribution in [-0.2, 0) is 11.0 Å². The monoisotopic (exact) mass is 338 g/mol. The van der Waals surface area contributed by atoms with E-state index in [4.69, 9.17) is 9.83 Å². The summed E-state index contributed by atoms with van der Waals surface area (Å²) in [6.07, 6.45) is -1.62. The van der Waals surface area contributed by atoms with Crippen LogP contribution in [0.5, 0.6) is 0 Å². The molecule has 1 aromatic heterocycles. The maximum Gasteiger partial charge on any atom is 0.416 e. The molecule has 0 unspecified atom stereocenters. The topological polar surface area (TPSA) is 57.3 Å². The summed E-state index contributed by atoms with van der Waals surface area (Å²) in [5, 5.41) is 7.71. The molecule has 2 heterocycles. The van der Waals surface area contributed by atoms with Crippen molar-refractivity contribution in [3.05, 3.63) is 58.9 Å². The third kappa shape index (κ3) is 3.02. The number of anilines is 1. The molecule has 0 saturated carbocycles. The number of halogens is 3. The molecule has 118 valence electrons. The molecule has 2 aromatic rings. The van der Waals surface area contributed by atoms with Crippen molar-refractivity contribution in [1.82, 2.24) is 0 Å². The Labute approximate surface area is 133 Å². The number of carbonyl (C=O) groups is 1. The number of benzene rings is 1. The van der Waals surface area contributed by atoms with E-state index in [1.165, 1.54) is 24.5 Å². The Balaban J connectivity index is 1.95. The van der Waals surface area contributed by atoms with Crippen molar-refractivity contribution < 1.29 is 22.4 Å². The predicted octanol–water partition coefficient (Wildman–Crippen LogP) is 4.35. The van der Waals surface area contributed by atoms with E-state index in [0.717, 1.165) is 28.8 Å². The van der Waals surface area contributed by atoms with Crippen molar-refractivity contribution in [2.75, 3.05) is 4.90 Å². The number of amides is 1. The van der Waals surface area contributed by atoms with Crippen LogP contribution in [0.15, 0.2) is 52.0 Å². The zero-order valence-electron chi connectivity index (χ0n) is 11.4. The summed E-state index contributed by atoms with van der Waals surface area (Å²) in [5.41, 5.74) is -0.866. The minimum atomic E-state index is -4.51. The molecule has 1 fully saturated rings. The van der Waals surface area contributed by atoms with E-state index in [2.05, 4.69) is 0 Å². The number of thioether (sulfide) groups is 1. The first-order valence-corrected chi connectivity index (χ1v) is 7.21. The fourth-order valence-electron chi connectivity index (χ4n) is 2.05. The minimum absolute atomic E-state index is 0.00479. The first-order chi connectivity index (χ1) is 10.9. The van der Waals surface area contributed by atoms with Gasteiger partial charge in [-0.3, -0.25) is 15.1 Å². The molecule has 0 spiro atoms. The second-order valence-corrected chi connectivity index (χ2v) is 5.65. The van der Waals surface area contributed by atoms with Gasteiger partial charge in [-0.1, -0.05) is 6.07 Å². The number of alkyl halides is 3. The molecule has 0 bridgehead atoms. The molecule has 1 aromatic carbocycles. The number of rotatable bonds is 2. The van der Waals surface area contributed by atoms with Gasteiger partial charge in [0.2, 0.25) is 0 Å². The van der Waals surface area contributed by atoms with Gasteiger partial charge in [0.25, 0.3) is 5.91 Å². The van der Waals surface area contributed by atoms with E-state index < -0.39 is 17.6 Å². The van der Waals surface area contributed by atoms with Crippen LogP contribution in [0, 0.1) is 5.41 Å². The van der Waals surface area contributed by atoms with Crippen molar-refractivity contribution in [1.29, 1.82) is 5.41 Å². The summed E-state index contributed by atoms with van der Waals surface area (Å²) in [7, 11) is 0. The third-order valence-corrected chi connectivity index (χ3v) is 3.96. The Morgan fingerprint density at radius 1 is 1.22 bits per heavy atom. The number of nitrogens with zero attached hydrogens (tertiary/aromatic N) is 1. The Morgan fingerprint density at radius 2 is 2.00 bits per heavy atom. The molecule has 1 saturated heterocycles. The standard InChI is InChI=1S/C15H9F3N2O2S/c16-15(17,18)9-3-1-4-10(7-9)20-13(21)12(23-14(20)19)8-11-5-2-6-22-11/h1-8,19H/b12-8-,19-14?. The lowest BCUT2D eigenvalue weighted by molar-refractivity contribution is -0.137. The molecule has 8 heteroatoms. The maximum absolute atomic E-state index is 12.8. The SMILES string of the molecule is N=C1S/C(=C\c2ccco2)C(=O)N1c1cccc(C(F)(F)F)c1. The molecule has 0 radical (unpaired) electrons.